The number of fused-ring (bicyclic) bond motifs is 1. The molecular formula is C27H21BrO5. The van der Waals surface area contributed by atoms with E-state index in [9.17, 15) is 9.59 Å². The van der Waals surface area contributed by atoms with Crippen LogP contribution in [0.4, 0.5) is 0 Å². The van der Waals surface area contributed by atoms with E-state index in [1.807, 2.05) is 24.3 Å². The first-order chi connectivity index (χ1) is 16.0. The maximum Gasteiger partial charge on any atom is 0.375 e. The van der Waals surface area contributed by atoms with Crippen LogP contribution in [-0.2, 0) is 11.3 Å². The van der Waals surface area contributed by atoms with Crippen LogP contribution in [0.25, 0.3) is 28.2 Å². The zero-order chi connectivity index (χ0) is 23.4. The molecular weight excluding hydrogens is 484 g/mol. The molecule has 5 nitrogen and oxygen atoms in total. The molecule has 1 aromatic heterocycles. The Balaban J connectivity index is 1.74. The van der Waals surface area contributed by atoms with E-state index in [2.05, 4.69) is 22.5 Å². The Morgan fingerprint density at radius 3 is 2.45 bits per heavy atom. The van der Waals surface area contributed by atoms with E-state index >= 15 is 0 Å². The number of carbonyl (C=O) groups excluding carboxylic acids is 1. The van der Waals surface area contributed by atoms with Crippen LogP contribution in [0.15, 0.2) is 87.0 Å². The monoisotopic (exact) mass is 504 g/mol. The van der Waals surface area contributed by atoms with Gasteiger partial charge in [-0.15, -0.1) is 0 Å². The van der Waals surface area contributed by atoms with Crippen molar-refractivity contribution in [2.45, 2.75) is 13.5 Å². The number of carbonyl (C=O) groups is 1. The molecule has 0 spiro atoms. The van der Waals surface area contributed by atoms with E-state index in [1.54, 1.807) is 55.5 Å². The highest BCUT2D eigenvalue weighted by Crippen LogP contribution is 2.28. The maximum absolute atomic E-state index is 13.4. The van der Waals surface area contributed by atoms with Gasteiger partial charge in [-0.1, -0.05) is 65.0 Å². The summed E-state index contributed by atoms with van der Waals surface area (Å²) in [6.45, 7) is 5.95. The van der Waals surface area contributed by atoms with Gasteiger partial charge in [0.25, 0.3) is 0 Å². The van der Waals surface area contributed by atoms with E-state index < -0.39 is 5.97 Å². The van der Waals surface area contributed by atoms with Crippen molar-refractivity contribution < 1.29 is 18.7 Å². The van der Waals surface area contributed by atoms with Crippen LogP contribution < -0.4 is 10.2 Å². The predicted octanol–water partition coefficient (Wildman–Crippen LogP) is 6.62. The summed E-state index contributed by atoms with van der Waals surface area (Å²) in [6, 6.07) is 19.9. The van der Waals surface area contributed by atoms with Crippen LogP contribution >= 0.6 is 15.9 Å². The van der Waals surface area contributed by atoms with Crippen LogP contribution in [0.2, 0.25) is 0 Å². The number of halogens is 1. The van der Waals surface area contributed by atoms with E-state index in [1.165, 1.54) is 0 Å². The molecule has 0 N–H and O–H groups in total. The largest absolute Gasteiger partial charge is 0.489 e. The second-order valence-corrected chi connectivity index (χ2v) is 8.17. The summed E-state index contributed by atoms with van der Waals surface area (Å²) in [6.07, 6.45) is 1.78. The first kappa shape index (κ1) is 22.6. The summed E-state index contributed by atoms with van der Waals surface area (Å²) >= 11 is 3.38. The molecule has 0 bridgehead atoms. The highest BCUT2D eigenvalue weighted by molar-refractivity contribution is 9.10. The van der Waals surface area contributed by atoms with Crippen molar-refractivity contribution in [1.29, 1.82) is 0 Å². The molecule has 6 heteroatoms. The van der Waals surface area contributed by atoms with Crippen molar-refractivity contribution in [3.8, 4) is 16.9 Å². The van der Waals surface area contributed by atoms with Gasteiger partial charge in [0.1, 0.15) is 17.9 Å². The van der Waals surface area contributed by atoms with Crippen LogP contribution in [0.5, 0.6) is 5.75 Å². The van der Waals surface area contributed by atoms with Gasteiger partial charge in [-0.25, -0.2) is 4.79 Å². The zero-order valence-electron chi connectivity index (χ0n) is 18.0. The standard InChI is InChI=1S/C27H21BrO5/c1-3-17-5-7-18(8-6-17)16-32-21-13-14-22-23(15-21)33-26(27(30)31-4-2)24(25(22)29)19-9-11-20(28)12-10-19/h3,5-15H,1,4,16H2,2H3. The summed E-state index contributed by atoms with van der Waals surface area (Å²) in [4.78, 5) is 26.0. The number of rotatable bonds is 7. The quantitative estimate of drug-likeness (QED) is 0.264. The molecule has 0 atom stereocenters. The second-order valence-electron chi connectivity index (χ2n) is 7.26. The molecule has 0 radical (unpaired) electrons. The fraction of sp³-hybridized carbons (Fsp3) is 0.111. The second kappa shape index (κ2) is 9.88. The van der Waals surface area contributed by atoms with Crippen molar-refractivity contribution >= 4 is 38.9 Å². The molecule has 0 aliphatic rings. The maximum atomic E-state index is 13.4. The number of esters is 1. The van der Waals surface area contributed by atoms with Gasteiger partial charge in [0.2, 0.25) is 11.2 Å². The lowest BCUT2D eigenvalue weighted by atomic mass is 10.0. The van der Waals surface area contributed by atoms with Gasteiger partial charge in [0, 0.05) is 10.5 Å². The van der Waals surface area contributed by atoms with Crippen molar-refractivity contribution in [1.82, 2.24) is 0 Å². The molecule has 0 aliphatic heterocycles. The zero-order valence-corrected chi connectivity index (χ0v) is 19.6. The Bertz CT molecular complexity index is 1370. The SMILES string of the molecule is C=Cc1ccc(COc2ccc3c(=O)c(-c4ccc(Br)cc4)c(C(=O)OCC)oc3c2)cc1. The Kier molecular flexibility index (Phi) is 6.75. The minimum atomic E-state index is -0.692. The lowest BCUT2D eigenvalue weighted by Gasteiger charge is -2.11. The van der Waals surface area contributed by atoms with Crippen molar-refractivity contribution in [3.05, 3.63) is 105 Å². The van der Waals surface area contributed by atoms with E-state index in [-0.39, 0.29) is 28.9 Å². The molecule has 0 saturated carbocycles. The van der Waals surface area contributed by atoms with Crippen molar-refractivity contribution in [2.75, 3.05) is 6.61 Å². The van der Waals surface area contributed by atoms with E-state index in [4.69, 9.17) is 13.9 Å². The van der Waals surface area contributed by atoms with Gasteiger partial charge in [-0.2, -0.15) is 0 Å². The number of benzene rings is 3. The normalized spacial score (nSPS) is 10.7. The summed E-state index contributed by atoms with van der Waals surface area (Å²) in [7, 11) is 0. The van der Waals surface area contributed by atoms with Gasteiger partial charge in [0.15, 0.2) is 0 Å². The third-order valence-electron chi connectivity index (χ3n) is 5.08. The van der Waals surface area contributed by atoms with Gasteiger partial charge in [0.05, 0.1) is 17.6 Å². The predicted molar refractivity (Wildman–Crippen MR) is 132 cm³/mol. The van der Waals surface area contributed by atoms with Crippen molar-refractivity contribution in [3.63, 3.8) is 0 Å². The number of hydrogen-bond acceptors (Lipinski definition) is 5. The third-order valence-corrected chi connectivity index (χ3v) is 5.61. The lowest BCUT2D eigenvalue weighted by Crippen LogP contribution is -2.15. The first-order valence-corrected chi connectivity index (χ1v) is 11.2. The van der Waals surface area contributed by atoms with Crippen LogP contribution in [0.1, 0.15) is 28.6 Å². The van der Waals surface area contributed by atoms with Crippen molar-refractivity contribution in [2.24, 2.45) is 0 Å². The summed E-state index contributed by atoms with van der Waals surface area (Å²) < 4.78 is 17.8. The van der Waals surface area contributed by atoms with E-state index in [0.29, 0.717) is 23.3 Å². The molecule has 0 fully saturated rings. The minimum Gasteiger partial charge on any atom is -0.489 e. The first-order valence-electron chi connectivity index (χ1n) is 10.4. The Morgan fingerprint density at radius 2 is 1.79 bits per heavy atom. The Hall–Kier alpha value is -3.64. The molecule has 0 saturated heterocycles. The Morgan fingerprint density at radius 1 is 1.06 bits per heavy atom. The molecule has 0 amide bonds. The highest BCUT2D eigenvalue weighted by atomic mass is 79.9. The molecule has 1 heterocycles. The molecule has 166 valence electrons. The van der Waals surface area contributed by atoms with E-state index in [0.717, 1.165) is 15.6 Å². The van der Waals surface area contributed by atoms with Gasteiger partial charge in [-0.05, 0) is 47.9 Å². The van der Waals surface area contributed by atoms with Crippen LogP contribution in [0.3, 0.4) is 0 Å². The molecule has 0 aliphatic carbocycles. The average molecular weight is 505 g/mol. The summed E-state index contributed by atoms with van der Waals surface area (Å²) in [5.74, 6) is -0.304. The third kappa shape index (κ3) is 4.91. The molecule has 3 aromatic carbocycles. The smallest absolute Gasteiger partial charge is 0.375 e. The minimum absolute atomic E-state index is 0.131. The number of ether oxygens (including phenoxy) is 2. The average Bonchev–Trinajstić information content (AvgIpc) is 2.83. The fourth-order valence-corrected chi connectivity index (χ4v) is 3.66. The topological polar surface area (TPSA) is 65.7 Å². The molecule has 4 rings (SSSR count). The van der Waals surface area contributed by atoms with Gasteiger partial charge < -0.3 is 13.9 Å². The Labute approximate surface area is 199 Å². The number of hydrogen-bond donors (Lipinski definition) is 0. The van der Waals surface area contributed by atoms with Gasteiger partial charge in [-0.3, -0.25) is 4.79 Å². The van der Waals surface area contributed by atoms with Crippen LogP contribution in [-0.4, -0.2) is 12.6 Å². The fourth-order valence-electron chi connectivity index (χ4n) is 3.40. The lowest BCUT2D eigenvalue weighted by molar-refractivity contribution is 0.0492. The molecule has 4 aromatic rings. The summed E-state index contributed by atoms with van der Waals surface area (Å²) in [5.41, 5.74) is 2.69. The molecule has 33 heavy (non-hydrogen) atoms. The molecule has 0 unspecified atom stereocenters. The van der Waals surface area contributed by atoms with Crippen LogP contribution in [0, 0.1) is 0 Å². The van der Waals surface area contributed by atoms with Gasteiger partial charge >= 0.3 is 5.97 Å². The highest BCUT2D eigenvalue weighted by Gasteiger charge is 2.23. The summed E-state index contributed by atoms with van der Waals surface area (Å²) in [5, 5.41) is 0.351.